The van der Waals surface area contributed by atoms with Crippen LogP contribution in [0.4, 0.5) is 10.5 Å². The lowest BCUT2D eigenvalue weighted by Crippen LogP contribution is -2.55. The van der Waals surface area contributed by atoms with Crippen molar-refractivity contribution in [3.63, 3.8) is 0 Å². The molecule has 4 aliphatic rings. The van der Waals surface area contributed by atoms with E-state index in [1.807, 2.05) is 43.3 Å². The van der Waals surface area contributed by atoms with Crippen LogP contribution in [0.25, 0.3) is 10.8 Å². The zero-order valence-corrected chi connectivity index (χ0v) is 24.7. The minimum atomic E-state index is -1.34. The number of aliphatic hydroxyl groups is 3. The molecule has 7 atom stereocenters. The Morgan fingerprint density at radius 3 is 2.41 bits per heavy atom. The van der Waals surface area contributed by atoms with Gasteiger partial charge in [0.05, 0.1) is 23.7 Å². The molecule has 44 heavy (non-hydrogen) atoms. The number of likely N-dealkylation sites (N-methyl/N-ethyl adjacent to an activating group) is 1. The van der Waals surface area contributed by atoms with Gasteiger partial charge in [0.15, 0.2) is 11.6 Å². The number of primary amides is 1. The summed E-state index contributed by atoms with van der Waals surface area (Å²) < 4.78 is 0. The largest absolute Gasteiger partial charge is 0.511 e. The van der Waals surface area contributed by atoms with Gasteiger partial charge >= 0.3 is 6.03 Å². The highest BCUT2D eigenvalue weighted by molar-refractivity contribution is 6.22. The number of hydrogen-bond donors (Lipinski definition) is 6. The van der Waals surface area contributed by atoms with Gasteiger partial charge in [-0.1, -0.05) is 48.9 Å². The first-order valence-corrected chi connectivity index (χ1v) is 14.8. The van der Waals surface area contributed by atoms with Gasteiger partial charge in [0.1, 0.15) is 23.2 Å². The SMILES string of the molecule is C[C@H]1C2=C(C(=O)C3=C(O)C4C(=O)C(C(N)=O)=C(O)[C@@H](N(C)C)C4C[C@@H]31)C(O)C(NC(=O)Nc1cccc3ccccc13)CC2. The summed E-state index contributed by atoms with van der Waals surface area (Å²) in [6.07, 6.45) is -0.199. The van der Waals surface area contributed by atoms with E-state index in [1.165, 1.54) is 0 Å². The van der Waals surface area contributed by atoms with Crippen LogP contribution in [0.5, 0.6) is 0 Å². The zero-order chi connectivity index (χ0) is 31.6. The molecule has 2 aromatic carbocycles. The predicted octanol–water partition coefficient (Wildman–Crippen LogP) is 2.87. The number of amides is 3. The van der Waals surface area contributed by atoms with Gasteiger partial charge in [0, 0.05) is 16.5 Å². The van der Waals surface area contributed by atoms with E-state index in [1.54, 1.807) is 25.1 Å². The number of nitrogens with one attached hydrogen (secondary N) is 2. The molecule has 0 saturated carbocycles. The van der Waals surface area contributed by atoms with E-state index in [0.717, 1.165) is 16.3 Å². The van der Waals surface area contributed by atoms with Crippen molar-refractivity contribution in [2.45, 2.75) is 44.4 Å². The molecule has 7 N–H and O–H groups in total. The Labute approximate surface area is 254 Å². The highest BCUT2D eigenvalue weighted by Gasteiger charge is 2.56. The Hall–Kier alpha value is -4.48. The summed E-state index contributed by atoms with van der Waals surface area (Å²) in [5, 5.41) is 41.4. The quantitative estimate of drug-likeness (QED) is 0.290. The molecule has 0 bridgehead atoms. The topological polar surface area (TPSA) is 182 Å². The van der Waals surface area contributed by atoms with Crippen LogP contribution in [0.1, 0.15) is 26.2 Å². The van der Waals surface area contributed by atoms with Gasteiger partial charge in [-0.15, -0.1) is 0 Å². The number of Topliss-reactive ketones (excluding diaryl/α,β-unsaturated/α-hetero) is 2. The minimum Gasteiger partial charge on any atom is -0.511 e. The van der Waals surface area contributed by atoms with Gasteiger partial charge in [-0.25, -0.2) is 4.79 Å². The second-order valence-electron chi connectivity index (χ2n) is 12.5. The summed E-state index contributed by atoms with van der Waals surface area (Å²) in [5.41, 5.74) is 6.40. The molecule has 6 rings (SSSR count). The Morgan fingerprint density at radius 2 is 1.70 bits per heavy atom. The van der Waals surface area contributed by atoms with E-state index >= 15 is 0 Å². The van der Waals surface area contributed by atoms with Crippen LogP contribution in [0, 0.1) is 23.7 Å². The molecule has 11 nitrogen and oxygen atoms in total. The Bertz CT molecular complexity index is 1700. The third kappa shape index (κ3) is 4.49. The van der Waals surface area contributed by atoms with Crippen LogP contribution in [0.15, 0.2) is 76.3 Å². The summed E-state index contributed by atoms with van der Waals surface area (Å²) in [5.74, 6) is -5.95. The van der Waals surface area contributed by atoms with Crippen LogP contribution in [0.2, 0.25) is 0 Å². The number of aliphatic hydroxyl groups excluding tert-OH is 3. The number of benzene rings is 2. The second-order valence-corrected chi connectivity index (χ2v) is 12.5. The molecular formula is C33H36N4O7. The number of allylic oxidation sites excluding steroid dienone is 3. The molecule has 3 amide bonds. The molecule has 0 spiro atoms. The molecule has 0 aliphatic heterocycles. The van der Waals surface area contributed by atoms with Crippen LogP contribution in [-0.4, -0.2) is 76.0 Å². The van der Waals surface area contributed by atoms with E-state index in [2.05, 4.69) is 10.6 Å². The minimum absolute atomic E-state index is 0.0356. The van der Waals surface area contributed by atoms with Crippen molar-refractivity contribution in [1.82, 2.24) is 10.2 Å². The van der Waals surface area contributed by atoms with Crippen molar-refractivity contribution in [3.05, 3.63) is 76.3 Å². The first-order chi connectivity index (χ1) is 20.9. The maximum atomic E-state index is 14.1. The number of nitrogens with two attached hydrogens (primary N) is 1. The zero-order valence-electron chi connectivity index (χ0n) is 24.7. The number of fused-ring (bicyclic) bond motifs is 3. The lowest BCUT2D eigenvalue weighted by Gasteiger charge is -2.49. The van der Waals surface area contributed by atoms with Gasteiger partial charge in [0.2, 0.25) is 0 Å². The number of urea groups is 1. The standard InChI is InChI=1S/C33H36N4O7/c1-14-16-11-12-21(36-33(44)35-20-10-6-8-15-7-4-5-9-17(15)20)27(38)22(16)28(39)23-18(14)13-19-24(29(23)40)30(41)25(32(34)43)31(42)26(19)37(2)3/h4-10,14,18-19,21,24,26-27,38,40,42H,11-13H2,1-3H3,(H2,34,43)(H2,35,36,44)/t14-,18+,19?,21?,24?,26-,27?/m0/s1. The van der Waals surface area contributed by atoms with E-state index in [0.29, 0.717) is 24.9 Å². The molecule has 0 radical (unpaired) electrons. The van der Waals surface area contributed by atoms with Gasteiger partial charge in [-0.3, -0.25) is 19.3 Å². The van der Waals surface area contributed by atoms with Crippen molar-refractivity contribution >= 4 is 40.0 Å². The summed E-state index contributed by atoms with van der Waals surface area (Å²) in [6, 6.07) is 11.1. The lowest BCUT2D eigenvalue weighted by molar-refractivity contribution is -0.127. The molecule has 0 heterocycles. The van der Waals surface area contributed by atoms with E-state index in [4.69, 9.17) is 5.73 Å². The average molecular weight is 601 g/mol. The third-order valence-electron chi connectivity index (χ3n) is 9.91. The molecule has 0 fully saturated rings. The Morgan fingerprint density at radius 1 is 1.00 bits per heavy atom. The normalized spacial score (nSPS) is 30.2. The fourth-order valence-electron chi connectivity index (χ4n) is 7.93. The van der Waals surface area contributed by atoms with Gasteiger partial charge in [0.25, 0.3) is 5.91 Å². The highest BCUT2D eigenvalue weighted by Crippen LogP contribution is 2.53. The van der Waals surface area contributed by atoms with Crippen molar-refractivity contribution in [2.24, 2.45) is 29.4 Å². The molecule has 0 saturated heterocycles. The van der Waals surface area contributed by atoms with E-state index < -0.39 is 76.5 Å². The first-order valence-electron chi connectivity index (χ1n) is 14.8. The van der Waals surface area contributed by atoms with Gasteiger partial charge in [-0.05, 0) is 62.6 Å². The van der Waals surface area contributed by atoms with Crippen LogP contribution >= 0.6 is 0 Å². The van der Waals surface area contributed by atoms with Gasteiger partial charge in [-0.2, -0.15) is 0 Å². The molecule has 11 heteroatoms. The number of nitrogens with zero attached hydrogens (tertiary/aromatic N) is 1. The molecule has 2 aromatic rings. The number of ketones is 2. The predicted molar refractivity (Wildman–Crippen MR) is 162 cm³/mol. The van der Waals surface area contributed by atoms with Crippen molar-refractivity contribution < 1.29 is 34.5 Å². The summed E-state index contributed by atoms with van der Waals surface area (Å²) in [7, 11) is 3.39. The third-order valence-corrected chi connectivity index (χ3v) is 9.91. The summed E-state index contributed by atoms with van der Waals surface area (Å²) in [6.45, 7) is 1.92. The fraction of sp³-hybridized carbons (Fsp3) is 0.394. The fourth-order valence-corrected chi connectivity index (χ4v) is 7.93. The number of carbonyl (C=O) groups excluding carboxylic acids is 4. The molecule has 4 aliphatic carbocycles. The Balaban J connectivity index is 1.29. The average Bonchev–Trinajstić information content (AvgIpc) is 2.96. The van der Waals surface area contributed by atoms with E-state index in [9.17, 15) is 34.5 Å². The number of anilines is 1. The number of hydrogen-bond acceptors (Lipinski definition) is 8. The highest BCUT2D eigenvalue weighted by atomic mass is 16.3. The summed E-state index contributed by atoms with van der Waals surface area (Å²) >= 11 is 0. The molecule has 0 aromatic heterocycles. The lowest BCUT2D eigenvalue weighted by atomic mass is 9.57. The van der Waals surface area contributed by atoms with E-state index in [-0.39, 0.29) is 17.1 Å². The van der Waals surface area contributed by atoms with Crippen LogP contribution in [0.3, 0.4) is 0 Å². The Kier molecular flexibility index (Phi) is 7.33. The molecule has 230 valence electrons. The van der Waals surface area contributed by atoms with Crippen molar-refractivity contribution in [3.8, 4) is 0 Å². The molecule has 4 unspecified atom stereocenters. The van der Waals surface area contributed by atoms with Crippen LogP contribution in [-0.2, 0) is 14.4 Å². The maximum Gasteiger partial charge on any atom is 0.319 e. The molecular weight excluding hydrogens is 564 g/mol. The van der Waals surface area contributed by atoms with Crippen LogP contribution < -0.4 is 16.4 Å². The summed E-state index contributed by atoms with van der Waals surface area (Å²) in [4.78, 5) is 54.4. The van der Waals surface area contributed by atoms with Crippen molar-refractivity contribution in [1.29, 1.82) is 0 Å². The second kappa shape index (κ2) is 10.9. The smallest absolute Gasteiger partial charge is 0.319 e. The number of rotatable bonds is 4. The van der Waals surface area contributed by atoms with Crippen molar-refractivity contribution in [2.75, 3.05) is 19.4 Å². The van der Waals surface area contributed by atoms with Gasteiger partial charge < -0.3 is 31.7 Å². The maximum absolute atomic E-state index is 14.1. The first kappa shape index (κ1) is 29.6. The number of carbonyl (C=O) groups is 4. The monoisotopic (exact) mass is 600 g/mol.